The first-order valence-electron chi connectivity index (χ1n) is 7.68. The SMILES string of the molecule is CN=C(NCCc1c(C)[nH]c2ccccc12)NC(C)COC. The zero-order valence-electron chi connectivity index (χ0n) is 13.9. The van der Waals surface area contributed by atoms with E-state index in [9.17, 15) is 0 Å². The third-order valence-electron chi connectivity index (χ3n) is 3.72. The highest BCUT2D eigenvalue weighted by atomic mass is 16.5. The molecule has 0 bridgehead atoms. The molecular formula is C17H26N4O. The van der Waals surface area contributed by atoms with Crippen LogP contribution in [0.4, 0.5) is 0 Å². The summed E-state index contributed by atoms with van der Waals surface area (Å²) in [5.74, 6) is 0.807. The molecule has 2 aromatic rings. The predicted octanol–water partition coefficient (Wildman–Crippen LogP) is 2.22. The van der Waals surface area contributed by atoms with Crippen molar-refractivity contribution < 1.29 is 4.74 Å². The maximum absolute atomic E-state index is 5.13. The number of guanidine groups is 1. The molecule has 0 amide bonds. The van der Waals surface area contributed by atoms with Crippen LogP contribution in [-0.4, -0.2) is 44.3 Å². The van der Waals surface area contributed by atoms with Crippen LogP contribution in [0.5, 0.6) is 0 Å². The van der Waals surface area contributed by atoms with Gasteiger partial charge in [0.05, 0.1) is 6.61 Å². The van der Waals surface area contributed by atoms with E-state index in [4.69, 9.17) is 4.74 Å². The summed E-state index contributed by atoms with van der Waals surface area (Å²) in [5, 5.41) is 7.97. The van der Waals surface area contributed by atoms with Gasteiger partial charge in [0.1, 0.15) is 0 Å². The Balaban J connectivity index is 1.93. The summed E-state index contributed by atoms with van der Waals surface area (Å²) >= 11 is 0. The fourth-order valence-electron chi connectivity index (χ4n) is 2.68. The van der Waals surface area contributed by atoms with Crippen LogP contribution in [0.1, 0.15) is 18.2 Å². The monoisotopic (exact) mass is 302 g/mol. The molecule has 1 aromatic heterocycles. The number of rotatable bonds is 6. The third kappa shape index (κ3) is 4.01. The van der Waals surface area contributed by atoms with E-state index < -0.39 is 0 Å². The maximum Gasteiger partial charge on any atom is 0.191 e. The number of fused-ring (bicyclic) bond motifs is 1. The predicted molar refractivity (Wildman–Crippen MR) is 92.6 cm³/mol. The first-order valence-corrected chi connectivity index (χ1v) is 7.68. The topological polar surface area (TPSA) is 61.4 Å². The van der Waals surface area contributed by atoms with Gasteiger partial charge >= 0.3 is 0 Å². The van der Waals surface area contributed by atoms with Gasteiger partial charge in [-0.1, -0.05) is 18.2 Å². The third-order valence-corrected chi connectivity index (χ3v) is 3.72. The number of benzene rings is 1. The normalized spacial score (nSPS) is 13.4. The summed E-state index contributed by atoms with van der Waals surface area (Å²) < 4.78 is 5.13. The Labute approximate surface area is 132 Å². The second kappa shape index (κ2) is 7.84. The highest BCUT2D eigenvalue weighted by Crippen LogP contribution is 2.21. The number of hydrogen-bond acceptors (Lipinski definition) is 2. The van der Waals surface area contributed by atoms with Crippen molar-refractivity contribution in [3.8, 4) is 0 Å². The number of aryl methyl sites for hydroxylation is 1. The van der Waals surface area contributed by atoms with E-state index >= 15 is 0 Å². The number of para-hydroxylation sites is 1. The van der Waals surface area contributed by atoms with E-state index in [0.717, 1.165) is 18.9 Å². The minimum Gasteiger partial charge on any atom is -0.383 e. The first kappa shape index (κ1) is 16.4. The number of methoxy groups -OCH3 is 1. The molecule has 0 aliphatic carbocycles. The molecule has 5 nitrogen and oxygen atoms in total. The lowest BCUT2D eigenvalue weighted by molar-refractivity contribution is 0.179. The van der Waals surface area contributed by atoms with Crippen LogP contribution in [0.25, 0.3) is 10.9 Å². The van der Waals surface area contributed by atoms with Gasteiger partial charge in [-0.2, -0.15) is 0 Å². The Morgan fingerprint density at radius 2 is 2.14 bits per heavy atom. The van der Waals surface area contributed by atoms with Crippen LogP contribution in [0.3, 0.4) is 0 Å². The molecular weight excluding hydrogens is 276 g/mol. The standard InChI is InChI=1S/C17H26N4O/c1-12(11-22-4)20-17(18-3)19-10-9-14-13(2)21-16-8-6-5-7-15(14)16/h5-8,12,21H,9-11H2,1-4H3,(H2,18,19,20). The second-order valence-electron chi connectivity index (χ2n) is 5.52. The summed E-state index contributed by atoms with van der Waals surface area (Å²) in [5.41, 5.74) is 3.80. The zero-order valence-corrected chi connectivity index (χ0v) is 13.9. The molecule has 0 spiro atoms. The van der Waals surface area contributed by atoms with E-state index in [1.165, 1.54) is 22.2 Å². The van der Waals surface area contributed by atoms with Crippen molar-refractivity contribution in [3.05, 3.63) is 35.5 Å². The minimum absolute atomic E-state index is 0.228. The molecule has 120 valence electrons. The summed E-state index contributed by atoms with van der Waals surface area (Å²) in [7, 11) is 3.49. The second-order valence-corrected chi connectivity index (χ2v) is 5.52. The molecule has 0 fully saturated rings. The molecule has 1 atom stereocenters. The molecule has 2 rings (SSSR count). The number of aromatic nitrogens is 1. The molecule has 0 saturated carbocycles. The quantitative estimate of drug-likeness (QED) is 0.566. The molecule has 0 radical (unpaired) electrons. The van der Waals surface area contributed by atoms with Crippen molar-refractivity contribution in [2.75, 3.05) is 27.3 Å². The maximum atomic E-state index is 5.13. The molecule has 0 saturated heterocycles. The van der Waals surface area contributed by atoms with E-state index in [1.54, 1.807) is 14.2 Å². The van der Waals surface area contributed by atoms with Crippen LogP contribution in [0.15, 0.2) is 29.3 Å². The van der Waals surface area contributed by atoms with E-state index in [0.29, 0.717) is 6.61 Å². The smallest absolute Gasteiger partial charge is 0.191 e. The Morgan fingerprint density at radius 1 is 1.36 bits per heavy atom. The lowest BCUT2D eigenvalue weighted by atomic mass is 10.1. The number of hydrogen-bond donors (Lipinski definition) is 3. The van der Waals surface area contributed by atoms with Crippen LogP contribution >= 0.6 is 0 Å². The number of nitrogens with one attached hydrogen (secondary N) is 3. The highest BCUT2D eigenvalue weighted by molar-refractivity contribution is 5.84. The Bertz CT molecular complexity index is 633. The number of H-pyrrole nitrogens is 1. The van der Waals surface area contributed by atoms with E-state index in [1.807, 2.05) is 0 Å². The summed E-state index contributed by atoms with van der Waals surface area (Å²) in [4.78, 5) is 7.68. The molecule has 5 heteroatoms. The molecule has 22 heavy (non-hydrogen) atoms. The molecule has 1 heterocycles. The number of ether oxygens (including phenoxy) is 1. The van der Waals surface area contributed by atoms with Crippen LogP contribution in [0, 0.1) is 6.92 Å². The van der Waals surface area contributed by atoms with Gasteiger partial charge in [-0.15, -0.1) is 0 Å². The summed E-state index contributed by atoms with van der Waals surface area (Å²) in [6.07, 6.45) is 0.954. The van der Waals surface area contributed by atoms with Gasteiger partial charge in [-0.25, -0.2) is 0 Å². The fraction of sp³-hybridized carbons (Fsp3) is 0.471. The highest BCUT2D eigenvalue weighted by Gasteiger charge is 2.08. The van der Waals surface area contributed by atoms with Gasteiger partial charge in [0, 0.05) is 43.3 Å². The number of nitrogens with zero attached hydrogens (tertiary/aromatic N) is 1. The average molecular weight is 302 g/mol. The van der Waals surface area contributed by atoms with Gasteiger partial charge in [0.25, 0.3) is 0 Å². The minimum atomic E-state index is 0.228. The van der Waals surface area contributed by atoms with E-state index in [-0.39, 0.29) is 6.04 Å². The van der Waals surface area contributed by atoms with Crippen molar-refractivity contribution in [2.45, 2.75) is 26.3 Å². The first-order chi connectivity index (χ1) is 10.7. The van der Waals surface area contributed by atoms with Gasteiger partial charge in [0.2, 0.25) is 0 Å². The van der Waals surface area contributed by atoms with Crippen LogP contribution < -0.4 is 10.6 Å². The Kier molecular flexibility index (Phi) is 5.83. The zero-order chi connectivity index (χ0) is 15.9. The molecule has 0 aliphatic heterocycles. The average Bonchev–Trinajstić information content (AvgIpc) is 2.82. The van der Waals surface area contributed by atoms with Crippen LogP contribution in [0.2, 0.25) is 0 Å². The summed E-state index contributed by atoms with van der Waals surface area (Å²) in [6.45, 7) is 5.69. The van der Waals surface area contributed by atoms with Gasteiger partial charge in [-0.3, -0.25) is 4.99 Å². The molecule has 1 unspecified atom stereocenters. The number of aromatic amines is 1. The largest absolute Gasteiger partial charge is 0.383 e. The molecule has 1 aromatic carbocycles. The van der Waals surface area contributed by atoms with Crippen molar-refractivity contribution in [2.24, 2.45) is 4.99 Å². The van der Waals surface area contributed by atoms with Crippen molar-refractivity contribution in [1.29, 1.82) is 0 Å². The molecule has 0 aliphatic rings. The van der Waals surface area contributed by atoms with Crippen molar-refractivity contribution >= 4 is 16.9 Å². The van der Waals surface area contributed by atoms with Crippen molar-refractivity contribution in [1.82, 2.24) is 15.6 Å². The Morgan fingerprint density at radius 3 is 2.86 bits per heavy atom. The van der Waals surface area contributed by atoms with E-state index in [2.05, 4.69) is 58.7 Å². The Hall–Kier alpha value is -2.01. The number of aliphatic imine (C=N–C) groups is 1. The van der Waals surface area contributed by atoms with Crippen molar-refractivity contribution in [3.63, 3.8) is 0 Å². The summed E-state index contributed by atoms with van der Waals surface area (Å²) in [6, 6.07) is 8.66. The van der Waals surface area contributed by atoms with Gasteiger partial charge < -0.3 is 20.4 Å². The van der Waals surface area contributed by atoms with Crippen LogP contribution in [-0.2, 0) is 11.2 Å². The van der Waals surface area contributed by atoms with Gasteiger partial charge in [0.15, 0.2) is 5.96 Å². The molecule has 3 N–H and O–H groups in total. The fourth-order valence-corrected chi connectivity index (χ4v) is 2.68. The van der Waals surface area contributed by atoms with Gasteiger partial charge in [-0.05, 0) is 31.9 Å². The lowest BCUT2D eigenvalue weighted by Crippen LogP contribution is -2.44. The lowest BCUT2D eigenvalue weighted by Gasteiger charge is -2.17.